The van der Waals surface area contributed by atoms with E-state index in [1.165, 1.54) is 0 Å². The van der Waals surface area contributed by atoms with Crippen LogP contribution >= 0.6 is 0 Å². The van der Waals surface area contributed by atoms with E-state index in [1.54, 1.807) is 12.5 Å². The van der Waals surface area contributed by atoms with Crippen molar-refractivity contribution in [2.75, 3.05) is 5.32 Å². The lowest BCUT2D eigenvalue weighted by Crippen LogP contribution is -2.17. The fourth-order valence-corrected chi connectivity index (χ4v) is 2.03. The van der Waals surface area contributed by atoms with Gasteiger partial charge in [0.15, 0.2) is 0 Å². The Kier molecular flexibility index (Phi) is 3.39. The first-order valence-electron chi connectivity index (χ1n) is 6.84. The van der Waals surface area contributed by atoms with E-state index < -0.39 is 0 Å². The number of para-hydroxylation sites is 2. The number of nitrogens with one attached hydrogen (secondary N) is 1. The fourth-order valence-electron chi connectivity index (χ4n) is 2.03. The number of benzene rings is 1. The number of rotatable bonds is 3. The van der Waals surface area contributed by atoms with Crippen molar-refractivity contribution in [3.8, 4) is 5.82 Å². The Hall–Kier alpha value is -2.69. The van der Waals surface area contributed by atoms with E-state index in [0.717, 1.165) is 16.9 Å². The largest absolute Gasteiger partial charge is 0.325 e. The summed E-state index contributed by atoms with van der Waals surface area (Å²) in [6, 6.07) is 11.6. The molecule has 0 bridgehead atoms. The van der Waals surface area contributed by atoms with Crippen LogP contribution in [0.2, 0.25) is 0 Å². The highest BCUT2D eigenvalue weighted by Gasteiger charge is 2.08. The Labute approximate surface area is 122 Å². The van der Waals surface area contributed by atoms with E-state index in [1.807, 2.05) is 54.8 Å². The molecule has 21 heavy (non-hydrogen) atoms. The monoisotopic (exact) mass is 280 g/mol. The summed E-state index contributed by atoms with van der Waals surface area (Å²) in [6.07, 6.45) is 3.41. The van der Waals surface area contributed by atoms with Gasteiger partial charge in [-0.1, -0.05) is 26.0 Å². The van der Waals surface area contributed by atoms with Gasteiger partial charge >= 0.3 is 0 Å². The average Bonchev–Trinajstić information content (AvgIpc) is 2.92. The maximum Gasteiger partial charge on any atom is 0.226 e. The van der Waals surface area contributed by atoms with E-state index in [-0.39, 0.29) is 11.8 Å². The second-order valence-corrected chi connectivity index (χ2v) is 5.15. The summed E-state index contributed by atoms with van der Waals surface area (Å²) >= 11 is 0. The van der Waals surface area contributed by atoms with Gasteiger partial charge in [-0.3, -0.25) is 9.36 Å². The van der Waals surface area contributed by atoms with Gasteiger partial charge in [0.25, 0.3) is 0 Å². The van der Waals surface area contributed by atoms with Crippen LogP contribution in [0.3, 0.4) is 0 Å². The molecule has 2 aromatic heterocycles. The average molecular weight is 280 g/mol. The molecule has 0 atom stereocenters. The SMILES string of the molecule is CC(C)C(=O)Nc1ccc(-n2cnc3ccccc32)nc1. The van der Waals surface area contributed by atoms with Crippen LogP contribution < -0.4 is 5.32 Å². The van der Waals surface area contributed by atoms with Crippen LogP contribution in [-0.2, 0) is 4.79 Å². The van der Waals surface area contributed by atoms with E-state index in [2.05, 4.69) is 15.3 Å². The van der Waals surface area contributed by atoms with Crippen molar-refractivity contribution in [1.82, 2.24) is 14.5 Å². The number of fused-ring (bicyclic) bond motifs is 1. The number of carbonyl (C=O) groups is 1. The standard InChI is InChI=1S/C16H16N4O/c1-11(2)16(21)19-12-7-8-15(17-9-12)20-10-18-13-5-3-4-6-14(13)20/h3-11H,1-2H3,(H,19,21). The summed E-state index contributed by atoms with van der Waals surface area (Å²) in [5.74, 6) is 0.700. The molecule has 0 radical (unpaired) electrons. The van der Waals surface area contributed by atoms with Crippen LogP contribution in [0.5, 0.6) is 0 Å². The summed E-state index contributed by atoms with van der Waals surface area (Å²) in [4.78, 5) is 20.4. The number of amides is 1. The molecule has 0 fully saturated rings. The van der Waals surface area contributed by atoms with Gasteiger partial charge in [0.05, 0.1) is 22.9 Å². The molecule has 0 spiro atoms. The number of nitrogens with zero attached hydrogens (tertiary/aromatic N) is 3. The molecule has 0 aliphatic carbocycles. The molecule has 0 saturated heterocycles. The van der Waals surface area contributed by atoms with Crippen LogP contribution in [0, 0.1) is 5.92 Å². The van der Waals surface area contributed by atoms with E-state index in [0.29, 0.717) is 5.69 Å². The number of carbonyl (C=O) groups excluding carboxylic acids is 1. The lowest BCUT2D eigenvalue weighted by molar-refractivity contribution is -0.118. The second-order valence-electron chi connectivity index (χ2n) is 5.15. The van der Waals surface area contributed by atoms with Crippen LogP contribution in [-0.4, -0.2) is 20.4 Å². The highest BCUT2D eigenvalue weighted by molar-refractivity contribution is 5.91. The van der Waals surface area contributed by atoms with Gasteiger partial charge in [-0.15, -0.1) is 0 Å². The van der Waals surface area contributed by atoms with Crippen molar-refractivity contribution in [3.63, 3.8) is 0 Å². The minimum Gasteiger partial charge on any atom is -0.325 e. The summed E-state index contributed by atoms with van der Waals surface area (Å²) in [5, 5.41) is 2.82. The zero-order valence-corrected chi connectivity index (χ0v) is 11.9. The first kappa shape index (κ1) is 13.3. The number of hydrogen-bond donors (Lipinski definition) is 1. The predicted octanol–water partition coefficient (Wildman–Crippen LogP) is 3.02. The number of pyridine rings is 1. The van der Waals surface area contributed by atoms with E-state index in [9.17, 15) is 4.79 Å². The molecule has 5 nitrogen and oxygen atoms in total. The van der Waals surface area contributed by atoms with Crippen molar-refractivity contribution in [2.24, 2.45) is 5.92 Å². The number of imidazole rings is 1. The van der Waals surface area contributed by atoms with Gasteiger partial charge < -0.3 is 5.32 Å². The van der Waals surface area contributed by atoms with Crippen molar-refractivity contribution in [1.29, 1.82) is 0 Å². The third-order valence-corrected chi connectivity index (χ3v) is 3.24. The quantitative estimate of drug-likeness (QED) is 0.802. The minimum atomic E-state index is -0.0535. The molecule has 3 aromatic rings. The molecule has 0 aliphatic heterocycles. The Balaban J connectivity index is 1.89. The molecule has 1 aromatic carbocycles. The van der Waals surface area contributed by atoms with Gasteiger partial charge in [0, 0.05) is 5.92 Å². The Morgan fingerprint density at radius 3 is 2.67 bits per heavy atom. The highest BCUT2D eigenvalue weighted by atomic mass is 16.1. The molecule has 2 heterocycles. The van der Waals surface area contributed by atoms with Crippen LogP contribution in [0.4, 0.5) is 5.69 Å². The van der Waals surface area contributed by atoms with Crippen molar-refractivity contribution in [3.05, 3.63) is 48.9 Å². The number of anilines is 1. The summed E-state index contributed by atoms with van der Waals surface area (Å²) in [5.41, 5.74) is 2.63. The lowest BCUT2D eigenvalue weighted by atomic mass is 10.2. The zero-order valence-electron chi connectivity index (χ0n) is 11.9. The number of hydrogen-bond acceptors (Lipinski definition) is 3. The summed E-state index contributed by atoms with van der Waals surface area (Å²) < 4.78 is 1.92. The first-order valence-corrected chi connectivity index (χ1v) is 6.84. The molecule has 0 unspecified atom stereocenters. The minimum absolute atomic E-state index is 0.0161. The lowest BCUT2D eigenvalue weighted by Gasteiger charge is -2.08. The van der Waals surface area contributed by atoms with Crippen molar-refractivity contribution >= 4 is 22.6 Å². The molecule has 106 valence electrons. The van der Waals surface area contributed by atoms with Crippen LogP contribution in [0.1, 0.15) is 13.8 Å². The maximum absolute atomic E-state index is 11.6. The zero-order chi connectivity index (χ0) is 14.8. The Bertz CT molecular complexity index is 774. The molecule has 5 heteroatoms. The van der Waals surface area contributed by atoms with Crippen LogP contribution in [0.15, 0.2) is 48.9 Å². The summed E-state index contributed by atoms with van der Waals surface area (Å²) in [6.45, 7) is 3.71. The third-order valence-electron chi connectivity index (χ3n) is 3.24. The predicted molar refractivity (Wildman–Crippen MR) is 82.3 cm³/mol. The topological polar surface area (TPSA) is 59.8 Å². The molecule has 0 saturated carbocycles. The maximum atomic E-state index is 11.6. The van der Waals surface area contributed by atoms with Gasteiger partial charge in [-0.05, 0) is 24.3 Å². The Morgan fingerprint density at radius 1 is 1.14 bits per heavy atom. The smallest absolute Gasteiger partial charge is 0.226 e. The summed E-state index contributed by atoms with van der Waals surface area (Å²) in [7, 11) is 0. The van der Waals surface area contributed by atoms with Gasteiger partial charge in [-0.25, -0.2) is 9.97 Å². The van der Waals surface area contributed by atoms with Gasteiger partial charge in [0.2, 0.25) is 5.91 Å². The second kappa shape index (κ2) is 5.36. The van der Waals surface area contributed by atoms with Gasteiger partial charge in [-0.2, -0.15) is 0 Å². The first-order chi connectivity index (χ1) is 10.1. The van der Waals surface area contributed by atoms with E-state index in [4.69, 9.17) is 0 Å². The molecular formula is C16H16N4O. The fraction of sp³-hybridized carbons (Fsp3) is 0.188. The van der Waals surface area contributed by atoms with E-state index >= 15 is 0 Å². The normalized spacial score (nSPS) is 11.0. The Morgan fingerprint density at radius 2 is 1.95 bits per heavy atom. The molecule has 3 rings (SSSR count). The van der Waals surface area contributed by atoms with Crippen molar-refractivity contribution < 1.29 is 4.79 Å². The third kappa shape index (κ3) is 2.63. The van der Waals surface area contributed by atoms with Gasteiger partial charge in [0.1, 0.15) is 12.1 Å². The highest BCUT2D eigenvalue weighted by Crippen LogP contribution is 2.17. The van der Waals surface area contributed by atoms with Crippen LogP contribution in [0.25, 0.3) is 16.9 Å². The molecule has 1 N–H and O–H groups in total. The van der Waals surface area contributed by atoms with Crippen molar-refractivity contribution in [2.45, 2.75) is 13.8 Å². The molecular weight excluding hydrogens is 264 g/mol. The molecule has 0 aliphatic rings. The number of aromatic nitrogens is 3. The molecule has 1 amide bonds.